The maximum absolute atomic E-state index is 15.6. The van der Waals surface area contributed by atoms with E-state index in [2.05, 4.69) is 22.1 Å². The Labute approximate surface area is 318 Å². The minimum absolute atomic E-state index is 0.00885. The average Bonchev–Trinajstić information content (AvgIpc) is 3.19. The standard InChI is InChI=1S/C41H46F2N6O6/c1-3-4-15-48-24-31(29-9-14-44-22-30(29)40(48)52)27-5-7-35(32(42)20-27)55-36-12-16-46(25-33(36)43)23-26-10-17-47(18-11-26)39(51)28-6-8-37(54-2)34(21-28)49-19-13-38(50)45-41(49)53/h5-9,14,20-22,24,26,33,36H,3-4,10-13,15-19,23,25H2,1-2H3,(H,45,50,53)/t33-,36-/m0/s1. The molecule has 4 aromatic rings. The number of nitrogens with zero attached hydrogens (tertiary/aromatic N) is 5. The van der Waals surface area contributed by atoms with Crippen LogP contribution in [0.2, 0.25) is 0 Å². The lowest BCUT2D eigenvalue weighted by atomic mass is 9.94. The SMILES string of the molecule is CCCCn1cc(-c2ccc(O[C@H]3CCN(CC4CCN(C(=O)c5ccc(OC)c(N6CCC(=O)NC6=O)c5)CC4)C[C@@H]3F)c(F)c2)c2ccncc2c1=O. The number of hydrogen-bond donors (Lipinski definition) is 1. The first kappa shape index (κ1) is 37.9. The number of ether oxygens (including phenoxy) is 2. The molecule has 3 aliphatic rings. The molecule has 2 aromatic carbocycles. The number of carbonyl (C=O) groups excluding carboxylic acids is 3. The van der Waals surface area contributed by atoms with Gasteiger partial charge in [0.15, 0.2) is 11.6 Å². The van der Waals surface area contributed by atoms with Crippen molar-refractivity contribution >= 4 is 34.3 Å². The van der Waals surface area contributed by atoms with Crippen molar-refractivity contribution in [1.29, 1.82) is 0 Å². The normalized spacial score (nSPS) is 19.8. The fourth-order valence-corrected chi connectivity index (χ4v) is 7.83. The van der Waals surface area contributed by atoms with E-state index in [0.717, 1.165) is 25.7 Å². The summed E-state index contributed by atoms with van der Waals surface area (Å²) in [6, 6.07) is 10.8. The third-order valence-corrected chi connectivity index (χ3v) is 10.9. The van der Waals surface area contributed by atoms with Gasteiger partial charge in [-0.3, -0.25) is 34.5 Å². The Bertz CT molecular complexity index is 2140. The number of benzene rings is 2. The van der Waals surface area contributed by atoms with Gasteiger partial charge in [0.2, 0.25) is 5.91 Å². The highest BCUT2D eigenvalue weighted by atomic mass is 19.1. The Hall–Kier alpha value is -5.37. The number of aromatic nitrogens is 2. The molecule has 12 nitrogen and oxygen atoms in total. The predicted molar refractivity (Wildman–Crippen MR) is 204 cm³/mol. The van der Waals surface area contributed by atoms with Gasteiger partial charge in [0.25, 0.3) is 11.5 Å². The Morgan fingerprint density at radius 2 is 1.78 bits per heavy atom. The molecule has 1 N–H and O–H groups in total. The number of imide groups is 1. The van der Waals surface area contributed by atoms with Crippen molar-refractivity contribution in [3.63, 3.8) is 0 Å². The summed E-state index contributed by atoms with van der Waals surface area (Å²) in [5.74, 6) is -0.399. The summed E-state index contributed by atoms with van der Waals surface area (Å²) in [7, 11) is 1.48. The van der Waals surface area contributed by atoms with E-state index in [1.54, 1.807) is 58.4 Å². The molecular formula is C41H46F2N6O6. The van der Waals surface area contributed by atoms with Crippen molar-refractivity contribution in [2.75, 3.05) is 51.3 Å². The number of halogens is 2. The number of carbonyl (C=O) groups is 3. The predicted octanol–water partition coefficient (Wildman–Crippen LogP) is 5.80. The number of nitrogens with one attached hydrogen (secondary N) is 1. The van der Waals surface area contributed by atoms with Crippen LogP contribution in [0.25, 0.3) is 21.9 Å². The number of urea groups is 1. The minimum atomic E-state index is -1.31. The molecule has 2 atom stereocenters. The van der Waals surface area contributed by atoms with E-state index in [1.807, 2.05) is 0 Å². The molecule has 7 rings (SSSR count). The fourth-order valence-electron chi connectivity index (χ4n) is 7.83. The number of rotatable bonds is 11. The summed E-state index contributed by atoms with van der Waals surface area (Å²) in [6.07, 6.45) is 6.66. The van der Waals surface area contributed by atoms with Crippen molar-refractivity contribution in [2.24, 2.45) is 5.92 Å². The van der Waals surface area contributed by atoms with Gasteiger partial charge >= 0.3 is 6.03 Å². The van der Waals surface area contributed by atoms with Crippen LogP contribution in [0.5, 0.6) is 11.5 Å². The second kappa shape index (κ2) is 16.6. The van der Waals surface area contributed by atoms with E-state index in [9.17, 15) is 19.2 Å². The molecule has 4 amide bonds. The van der Waals surface area contributed by atoms with Crippen molar-refractivity contribution in [3.8, 4) is 22.6 Å². The maximum Gasteiger partial charge on any atom is 0.328 e. The summed E-state index contributed by atoms with van der Waals surface area (Å²) in [6.45, 7) is 5.35. The Morgan fingerprint density at radius 1 is 0.982 bits per heavy atom. The Morgan fingerprint density at radius 3 is 2.51 bits per heavy atom. The number of amides is 4. The van der Waals surface area contributed by atoms with Crippen molar-refractivity contribution < 1.29 is 32.6 Å². The molecule has 0 spiro atoms. The number of fused-ring (bicyclic) bond motifs is 1. The van der Waals surface area contributed by atoms with Crippen LogP contribution in [0.4, 0.5) is 19.3 Å². The molecule has 0 aliphatic carbocycles. The number of anilines is 1. The number of unbranched alkanes of at least 4 members (excludes halogenated alkanes) is 1. The molecule has 0 bridgehead atoms. The quantitative estimate of drug-likeness (QED) is 0.204. The minimum Gasteiger partial charge on any atom is -0.495 e. The highest BCUT2D eigenvalue weighted by Crippen LogP contribution is 2.34. The zero-order valence-corrected chi connectivity index (χ0v) is 31.1. The lowest BCUT2D eigenvalue weighted by Crippen LogP contribution is -2.50. The van der Waals surface area contributed by atoms with Crippen LogP contribution >= 0.6 is 0 Å². The van der Waals surface area contributed by atoms with Crippen LogP contribution in [0.3, 0.4) is 0 Å². The van der Waals surface area contributed by atoms with Crippen molar-refractivity contribution in [1.82, 2.24) is 24.7 Å². The second-order valence-electron chi connectivity index (χ2n) is 14.6. The van der Waals surface area contributed by atoms with E-state index >= 15 is 8.78 Å². The molecule has 0 radical (unpaired) electrons. The summed E-state index contributed by atoms with van der Waals surface area (Å²) < 4.78 is 44.1. The average molecular weight is 757 g/mol. The van der Waals surface area contributed by atoms with Gasteiger partial charge in [0.05, 0.1) is 18.2 Å². The number of pyridine rings is 2. The summed E-state index contributed by atoms with van der Waals surface area (Å²) in [4.78, 5) is 60.1. The van der Waals surface area contributed by atoms with Crippen molar-refractivity contribution in [3.05, 3.63) is 82.8 Å². The highest BCUT2D eigenvalue weighted by Gasteiger charge is 2.34. The monoisotopic (exact) mass is 756 g/mol. The van der Waals surface area contributed by atoms with Gasteiger partial charge in [0, 0.05) is 82.0 Å². The number of alkyl halides is 1. The third-order valence-electron chi connectivity index (χ3n) is 10.9. The van der Waals surface area contributed by atoms with Crippen LogP contribution in [0.15, 0.2) is 65.8 Å². The molecule has 14 heteroatoms. The van der Waals surface area contributed by atoms with Crippen LogP contribution < -0.4 is 25.2 Å². The van der Waals surface area contributed by atoms with Gasteiger partial charge in [-0.25, -0.2) is 13.6 Å². The number of methoxy groups -OCH3 is 1. The van der Waals surface area contributed by atoms with Gasteiger partial charge in [0.1, 0.15) is 18.0 Å². The van der Waals surface area contributed by atoms with Gasteiger partial charge in [-0.2, -0.15) is 0 Å². The molecule has 55 heavy (non-hydrogen) atoms. The smallest absolute Gasteiger partial charge is 0.328 e. The topological polar surface area (TPSA) is 126 Å². The fraction of sp³-hybridized carbons (Fsp3) is 0.439. The first-order valence-corrected chi connectivity index (χ1v) is 19.0. The molecule has 0 saturated carbocycles. The van der Waals surface area contributed by atoms with Crippen LogP contribution in [0.1, 0.15) is 55.8 Å². The van der Waals surface area contributed by atoms with Gasteiger partial charge in [-0.15, -0.1) is 0 Å². The zero-order chi connectivity index (χ0) is 38.6. The maximum atomic E-state index is 15.6. The third kappa shape index (κ3) is 8.19. The van der Waals surface area contributed by atoms with E-state index in [1.165, 1.54) is 24.1 Å². The molecule has 5 heterocycles. The van der Waals surface area contributed by atoms with Crippen LogP contribution in [-0.4, -0.2) is 95.9 Å². The van der Waals surface area contributed by atoms with E-state index in [4.69, 9.17) is 9.47 Å². The summed E-state index contributed by atoms with van der Waals surface area (Å²) in [5, 5.41) is 3.46. The van der Waals surface area contributed by atoms with E-state index in [0.29, 0.717) is 78.0 Å². The summed E-state index contributed by atoms with van der Waals surface area (Å²) in [5.41, 5.74) is 2.02. The lowest BCUT2D eigenvalue weighted by Gasteiger charge is -2.39. The number of aryl methyl sites for hydroxylation is 1. The number of likely N-dealkylation sites (tertiary alicyclic amines) is 2. The Balaban J connectivity index is 0.928. The van der Waals surface area contributed by atoms with Crippen LogP contribution in [-0.2, 0) is 11.3 Å². The van der Waals surface area contributed by atoms with Gasteiger partial charge < -0.3 is 18.9 Å². The number of piperidine rings is 2. The molecular weight excluding hydrogens is 710 g/mol. The largest absolute Gasteiger partial charge is 0.495 e. The van der Waals surface area contributed by atoms with Gasteiger partial charge in [-0.1, -0.05) is 19.4 Å². The lowest BCUT2D eigenvalue weighted by molar-refractivity contribution is -0.120. The first-order valence-electron chi connectivity index (χ1n) is 19.0. The second-order valence-corrected chi connectivity index (χ2v) is 14.6. The zero-order valence-electron chi connectivity index (χ0n) is 31.1. The Kier molecular flexibility index (Phi) is 11.4. The van der Waals surface area contributed by atoms with Gasteiger partial charge in [-0.05, 0) is 78.9 Å². The van der Waals surface area contributed by atoms with Crippen molar-refractivity contribution in [2.45, 2.75) is 64.3 Å². The molecule has 290 valence electrons. The molecule has 0 unspecified atom stereocenters. The molecule has 3 saturated heterocycles. The highest BCUT2D eigenvalue weighted by molar-refractivity contribution is 6.07. The molecule has 3 aliphatic heterocycles. The van der Waals surface area contributed by atoms with Crippen LogP contribution in [0, 0.1) is 11.7 Å². The first-order chi connectivity index (χ1) is 26.6. The summed E-state index contributed by atoms with van der Waals surface area (Å²) >= 11 is 0. The molecule has 3 fully saturated rings. The number of hydrogen-bond acceptors (Lipinski definition) is 8. The molecule has 2 aromatic heterocycles. The van der Waals surface area contributed by atoms with E-state index < -0.39 is 24.1 Å². The van der Waals surface area contributed by atoms with E-state index in [-0.39, 0.29) is 48.6 Å².